The molecule has 1 aromatic carbocycles. The second-order valence-corrected chi connectivity index (χ2v) is 5.57. The van der Waals surface area contributed by atoms with Gasteiger partial charge in [-0.2, -0.15) is 15.0 Å². The molecule has 3 rings (SSSR count). The number of rotatable bonds is 5. The fourth-order valence-electron chi connectivity index (χ4n) is 2.91. The van der Waals surface area contributed by atoms with E-state index in [0.717, 1.165) is 35.0 Å². The summed E-state index contributed by atoms with van der Waals surface area (Å²) >= 11 is 0. The third-order valence-corrected chi connectivity index (χ3v) is 4.26. The molecule has 0 fully saturated rings. The van der Waals surface area contributed by atoms with Crippen molar-refractivity contribution in [2.24, 2.45) is 5.92 Å². The largest absolute Gasteiger partial charge is 0.300 e. The van der Waals surface area contributed by atoms with Gasteiger partial charge in [0, 0.05) is 24.3 Å². The number of hydrogen-bond donors (Lipinski definition) is 0. The molecule has 0 spiro atoms. The molecule has 1 unspecified atom stereocenters. The van der Waals surface area contributed by atoms with Crippen LogP contribution in [0.4, 0.5) is 0 Å². The highest BCUT2D eigenvalue weighted by atomic mass is 16.1. The molecule has 0 N–H and O–H groups in total. The minimum absolute atomic E-state index is 0.0809. The second kappa shape index (κ2) is 5.39. The van der Waals surface area contributed by atoms with Crippen LogP contribution in [0.25, 0.3) is 11.0 Å². The summed E-state index contributed by atoms with van der Waals surface area (Å²) < 4.78 is 0. The monoisotopic (exact) mass is 285 g/mol. The zero-order chi connectivity index (χ0) is 15.0. The van der Waals surface area contributed by atoms with E-state index in [1.165, 1.54) is 0 Å². The average Bonchev–Trinajstić information content (AvgIpc) is 3.05. The zero-order valence-corrected chi connectivity index (χ0v) is 12.4. The molecule has 21 heavy (non-hydrogen) atoms. The molecule has 5 nitrogen and oxygen atoms in total. The molecule has 1 aliphatic carbocycles. The third-order valence-electron chi connectivity index (χ3n) is 4.26. The summed E-state index contributed by atoms with van der Waals surface area (Å²) in [6, 6.07) is 3.72. The van der Waals surface area contributed by atoms with Crippen LogP contribution in [0.2, 0.25) is 0 Å². The third kappa shape index (κ3) is 2.37. The van der Waals surface area contributed by atoms with Gasteiger partial charge in [-0.3, -0.25) is 9.59 Å². The van der Waals surface area contributed by atoms with Crippen LogP contribution >= 0.6 is 0 Å². The Hall–Kier alpha value is -2.04. The Balaban J connectivity index is 1.93. The fourth-order valence-corrected chi connectivity index (χ4v) is 2.91. The molecular weight excluding hydrogens is 266 g/mol. The molecule has 1 heterocycles. The molecule has 0 saturated carbocycles. The minimum Gasteiger partial charge on any atom is -0.300 e. The van der Waals surface area contributed by atoms with Crippen molar-refractivity contribution < 1.29 is 9.59 Å². The van der Waals surface area contributed by atoms with Crippen LogP contribution in [0.1, 0.15) is 49.0 Å². The van der Waals surface area contributed by atoms with Crippen LogP contribution in [0, 0.1) is 5.92 Å². The van der Waals surface area contributed by atoms with E-state index < -0.39 is 0 Å². The van der Waals surface area contributed by atoms with Gasteiger partial charge in [-0.25, -0.2) is 0 Å². The number of carbonyl (C=O) groups excluding carboxylic acids is 2. The van der Waals surface area contributed by atoms with E-state index >= 15 is 0 Å². The summed E-state index contributed by atoms with van der Waals surface area (Å²) in [5.41, 5.74) is 3.45. The molecule has 0 saturated heterocycles. The number of ketones is 2. The summed E-state index contributed by atoms with van der Waals surface area (Å²) in [7, 11) is 0. The maximum atomic E-state index is 12.2. The average molecular weight is 285 g/mol. The molecule has 2 aromatic rings. The zero-order valence-electron chi connectivity index (χ0n) is 12.4. The summed E-state index contributed by atoms with van der Waals surface area (Å²) in [4.78, 5) is 25.2. The van der Waals surface area contributed by atoms with Crippen LogP contribution in [0.15, 0.2) is 12.1 Å². The summed E-state index contributed by atoms with van der Waals surface area (Å²) in [5, 5.41) is 8.91. The Labute approximate surface area is 123 Å². The maximum absolute atomic E-state index is 12.2. The molecule has 1 atom stereocenters. The molecule has 110 valence electrons. The molecule has 1 aromatic heterocycles. The van der Waals surface area contributed by atoms with Crippen molar-refractivity contribution in [1.29, 1.82) is 0 Å². The van der Waals surface area contributed by atoms with Crippen molar-refractivity contribution in [2.75, 3.05) is 0 Å². The number of fused-ring (bicyclic) bond motifs is 3. The van der Waals surface area contributed by atoms with Gasteiger partial charge in [-0.05, 0) is 30.5 Å². The lowest BCUT2D eigenvalue weighted by Gasteiger charge is -2.00. The number of aromatic nitrogens is 3. The first kappa shape index (κ1) is 13.9. The summed E-state index contributed by atoms with van der Waals surface area (Å²) in [6.07, 6.45) is 2.61. The number of nitrogens with zero attached hydrogens (tertiary/aromatic N) is 3. The van der Waals surface area contributed by atoms with E-state index in [0.29, 0.717) is 19.4 Å². The highest BCUT2D eigenvalue weighted by Crippen LogP contribution is 2.32. The lowest BCUT2D eigenvalue weighted by atomic mass is 10.0. The molecule has 0 aliphatic heterocycles. The Kier molecular flexibility index (Phi) is 3.57. The van der Waals surface area contributed by atoms with Crippen molar-refractivity contribution in [3.63, 3.8) is 0 Å². The first-order valence-electron chi connectivity index (χ1n) is 7.56. The molecule has 1 aliphatic rings. The summed E-state index contributed by atoms with van der Waals surface area (Å²) in [6.45, 7) is 4.40. The van der Waals surface area contributed by atoms with Crippen molar-refractivity contribution >= 4 is 22.6 Å². The van der Waals surface area contributed by atoms with E-state index in [1.807, 2.05) is 26.0 Å². The van der Waals surface area contributed by atoms with Crippen molar-refractivity contribution in [2.45, 2.75) is 46.1 Å². The highest BCUT2D eigenvalue weighted by molar-refractivity contribution is 6.05. The predicted molar refractivity (Wildman–Crippen MR) is 79.3 cm³/mol. The van der Waals surface area contributed by atoms with Gasteiger partial charge in [-0.15, -0.1) is 0 Å². The lowest BCUT2D eigenvalue weighted by molar-refractivity contribution is -0.119. The first-order valence-corrected chi connectivity index (χ1v) is 7.56. The number of benzene rings is 1. The van der Waals surface area contributed by atoms with Gasteiger partial charge in [0.25, 0.3) is 0 Å². The van der Waals surface area contributed by atoms with Crippen molar-refractivity contribution in [1.82, 2.24) is 15.0 Å². The van der Waals surface area contributed by atoms with Crippen LogP contribution < -0.4 is 0 Å². The molecule has 0 amide bonds. The number of Topliss-reactive ketones (excluding diaryl/α,β-unsaturated/α-hetero) is 2. The van der Waals surface area contributed by atoms with Gasteiger partial charge in [0.2, 0.25) is 0 Å². The smallest absolute Gasteiger partial charge is 0.166 e. The van der Waals surface area contributed by atoms with E-state index in [4.69, 9.17) is 0 Å². The quantitative estimate of drug-likeness (QED) is 0.847. The first-order chi connectivity index (χ1) is 10.1. The van der Waals surface area contributed by atoms with E-state index in [-0.39, 0.29) is 17.5 Å². The fraction of sp³-hybridized carbons (Fsp3) is 0.500. The van der Waals surface area contributed by atoms with E-state index in [2.05, 4.69) is 10.2 Å². The molecule has 5 heteroatoms. The van der Waals surface area contributed by atoms with Gasteiger partial charge in [-0.1, -0.05) is 13.8 Å². The van der Waals surface area contributed by atoms with Gasteiger partial charge in [0.1, 0.15) is 16.8 Å². The predicted octanol–water partition coefficient (Wildman–Crippen LogP) is 2.57. The standard InChI is InChI=1S/C16H19N3O2/c1-3-10-9-13-12(16(10)21)5-6-14-15(13)18-19(17-14)8-7-11(20)4-2/h5-6,10H,3-4,7-9H2,1-2H3. The van der Waals surface area contributed by atoms with Crippen LogP contribution in [0.5, 0.6) is 0 Å². The van der Waals surface area contributed by atoms with E-state index in [9.17, 15) is 9.59 Å². The Morgan fingerprint density at radius 2 is 2.14 bits per heavy atom. The van der Waals surface area contributed by atoms with Crippen molar-refractivity contribution in [3.05, 3.63) is 23.3 Å². The maximum Gasteiger partial charge on any atom is 0.166 e. The lowest BCUT2D eigenvalue weighted by Crippen LogP contribution is -2.07. The Bertz CT molecular complexity index is 718. The van der Waals surface area contributed by atoms with Crippen LogP contribution in [-0.2, 0) is 17.8 Å². The number of hydrogen-bond acceptors (Lipinski definition) is 4. The number of aryl methyl sites for hydroxylation is 1. The van der Waals surface area contributed by atoms with Crippen molar-refractivity contribution in [3.8, 4) is 0 Å². The van der Waals surface area contributed by atoms with Gasteiger partial charge in [0.05, 0.1) is 6.54 Å². The Morgan fingerprint density at radius 1 is 1.33 bits per heavy atom. The number of carbonyl (C=O) groups is 2. The van der Waals surface area contributed by atoms with Gasteiger partial charge < -0.3 is 0 Å². The van der Waals surface area contributed by atoms with Crippen LogP contribution in [0.3, 0.4) is 0 Å². The molecule has 0 radical (unpaired) electrons. The van der Waals surface area contributed by atoms with Crippen LogP contribution in [-0.4, -0.2) is 26.6 Å². The van der Waals surface area contributed by atoms with Gasteiger partial charge >= 0.3 is 0 Å². The molecule has 0 bridgehead atoms. The molecular formula is C16H19N3O2. The topological polar surface area (TPSA) is 64.8 Å². The minimum atomic E-state index is 0.0809. The van der Waals surface area contributed by atoms with E-state index in [1.54, 1.807) is 4.80 Å². The Morgan fingerprint density at radius 3 is 2.86 bits per heavy atom. The highest BCUT2D eigenvalue weighted by Gasteiger charge is 2.31. The summed E-state index contributed by atoms with van der Waals surface area (Å²) in [5.74, 6) is 0.519. The SMILES string of the molecule is CCC(=O)CCn1nc2ccc3c(c2n1)CC(CC)C3=O. The second-order valence-electron chi connectivity index (χ2n) is 5.57. The normalized spacial score (nSPS) is 17.4. The van der Waals surface area contributed by atoms with Gasteiger partial charge in [0.15, 0.2) is 5.78 Å².